The van der Waals surface area contributed by atoms with Crippen molar-refractivity contribution in [1.82, 2.24) is 14.7 Å². The van der Waals surface area contributed by atoms with Crippen LogP contribution in [-0.2, 0) is 10.0 Å². The van der Waals surface area contributed by atoms with Crippen LogP contribution >= 0.6 is 39.7 Å². The lowest BCUT2D eigenvalue weighted by Gasteiger charge is -2.09. The zero-order valence-corrected chi connectivity index (χ0v) is 15.2. The van der Waals surface area contributed by atoms with E-state index in [4.69, 9.17) is 0 Å². The molecule has 2 aromatic rings. The van der Waals surface area contributed by atoms with Crippen LogP contribution in [0.2, 0.25) is 0 Å². The highest BCUT2D eigenvalue weighted by Crippen LogP contribution is 2.27. The first-order chi connectivity index (χ1) is 10.0. The predicted molar refractivity (Wildman–Crippen MR) is 92.9 cm³/mol. The smallest absolute Gasteiger partial charge is 0.250 e. The van der Waals surface area contributed by atoms with Crippen molar-refractivity contribution in [3.05, 3.63) is 22.1 Å². The van der Waals surface area contributed by atoms with Gasteiger partial charge in [0.1, 0.15) is 10.0 Å². The molecule has 0 saturated heterocycles. The molecule has 1 aliphatic rings. The van der Waals surface area contributed by atoms with E-state index < -0.39 is 10.0 Å². The molecule has 11 heteroatoms. The third-order valence-electron chi connectivity index (χ3n) is 2.78. The number of fused-ring (bicyclic) bond motifs is 4. The fourth-order valence-electron chi connectivity index (χ4n) is 1.78. The largest absolute Gasteiger partial charge is 0.369 e. The Morgan fingerprint density at radius 2 is 2.14 bits per heavy atom. The molecule has 0 spiro atoms. The average Bonchev–Trinajstić information content (AvgIpc) is 2.90. The number of thiophene rings is 1. The molecule has 0 aliphatic carbocycles. The van der Waals surface area contributed by atoms with Crippen LogP contribution in [0.3, 0.4) is 0 Å². The molecule has 1 aliphatic heterocycles. The number of aromatic nitrogens is 2. The maximum absolute atomic E-state index is 12.1. The number of halogens is 2. The SMILES string of the molecule is Cl.O=S1(=O)NCCCNc2nc(ncc2Br)Nc2csc1c2. The quantitative estimate of drug-likeness (QED) is 0.599. The molecule has 0 aromatic carbocycles. The van der Waals surface area contributed by atoms with Crippen LogP contribution in [-0.4, -0.2) is 31.5 Å². The minimum absolute atomic E-state index is 0. The summed E-state index contributed by atoms with van der Waals surface area (Å²) in [5.74, 6) is 1.08. The van der Waals surface area contributed by atoms with Gasteiger partial charge in [-0.15, -0.1) is 23.7 Å². The van der Waals surface area contributed by atoms with Gasteiger partial charge in [0.25, 0.3) is 0 Å². The second-order valence-corrected chi connectivity index (χ2v) is 8.11. The molecular formula is C11H13BrClN5O2S2. The van der Waals surface area contributed by atoms with Crippen molar-refractivity contribution in [2.75, 3.05) is 23.7 Å². The summed E-state index contributed by atoms with van der Waals surface area (Å²) in [5.41, 5.74) is 0.646. The molecule has 3 rings (SSSR count). The van der Waals surface area contributed by atoms with Crippen LogP contribution < -0.4 is 15.4 Å². The van der Waals surface area contributed by atoms with Crippen LogP contribution in [0.15, 0.2) is 26.3 Å². The highest BCUT2D eigenvalue weighted by Gasteiger charge is 2.17. The molecular weight excluding hydrogens is 414 g/mol. The van der Waals surface area contributed by atoms with Crippen molar-refractivity contribution in [2.45, 2.75) is 10.6 Å². The Balaban J connectivity index is 0.00000176. The summed E-state index contributed by atoms with van der Waals surface area (Å²) >= 11 is 4.54. The fourth-order valence-corrected chi connectivity index (χ4v) is 4.34. The minimum atomic E-state index is -3.45. The van der Waals surface area contributed by atoms with E-state index >= 15 is 0 Å². The second-order valence-electron chi connectivity index (χ2n) is 4.35. The topological polar surface area (TPSA) is 96.0 Å². The summed E-state index contributed by atoms with van der Waals surface area (Å²) < 4.78 is 27.8. The van der Waals surface area contributed by atoms with Crippen molar-refractivity contribution in [1.29, 1.82) is 0 Å². The number of hydrogen-bond donors (Lipinski definition) is 3. The second kappa shape index (κ2) is 7.09. The number of sulfonamides is 1. The predicted octanol–water partition coefficient (Wildman–Crippen LogP) is 2.56. The van der Waals surface area contributed by atoms with Gasteiger partial charge in [0.05, 0.1) is 10.2 Å². The van der Waals surface area contributed by atoms with E-state index in [9.17, 15) is 8.42 Å². The van der Waals surface area contributed by atoms with Gasteiger partial charge in [0.15, 0.2) is 0 Å². The van der Waals surface area contributed by atoms with Gasteiger partial charge in [-0.1, -0.05) is 0 Å². The van der Waals surface area contributed by atoms with E-state index in [1.807, 2.05) is 0 Å². The third-order valence-corrected chi connectivity index (χ3v) is 6.26. The van der Waals surface area contributed by atoms with E-state index in [1.54, 1.807) is 17.6 Å². The number of nitrogens with zero attached hydrogens (tertiary/aromatic N) is 2. The van der Waals surface area contributed by atoms with Gasteiger partial charge < -0.3 is 10.6 Å². The fraction of sp³-hybridized carbons (Fsp3) is 0.273. The molecule has 7 nitrogen and oxygen atoms in total. The van der Waals surface area contributed by atoms with Crippen molar-refractivity contribution in [3.8, 4) is 0 Å². The van der Waals surface area contributed by atoms with E-state index in [1.165, 1.54) is 0 Å². The Labute approximate surface area is 146 Å². The van der Waals surface area contributed by atoms with Crippen LogP contribution in [0.25, 0.3) is 0 Å². The molecule has 0 radical (unpaired) electrons. The van der Waals surface area contributed by atoms with E-state index in [0.717, 1.165) is 15.8 Å². The lowest BCUT2D eigenvalue weighted by atomic mass is 10.4. The lowest BCUT2D eigenvalue weighted by Crippen LogP contribution is -2.25. The normalized spacial score (nSPS) is 16.8. The van der Waals surface area contributed by atoms with Gasteiger partial charge in [-0.25, -0.2) is 18.1 Å². The summed E-state index contributed by atoms with van der Waals surface area (Å²) in [6.45, 7) is 0.970. The molecule has 22 heavy (non-hydrogen) atoms. The Bertz CT molecular complexity index is 768. The van der Waals surface area contributed by atoms with Crippen molar-refractivity contribution in [2.24, 2.45) is 0 Å². The Morgan fingerprint density at radius 3 is 2.95 bits per heavy atom. The van der Waals surface area contributed by atoms with Crippen LogP contribution in [0.4, 0.5) is 17.5 Å². The molecule has 0 unspecified atom stereocenters. The molecule has 0 fully saturated rings. The number of rotatable bonds is 0. The Hall–Kier alpha value is -0.940. The summed E-state index contributed by atoms with van der Waals surface area (Å²) in [6.07, 6.45) is 2.30. The summed E-state index contributed by atoms with van der Waals surface area (Å²) in [7, 11) is -3.45. The molecule has 4 bridgehead atoms. The van der Waals surface area contributed by atoms with E-state index in [0.29, 0.717) is 37.0 Å². The highest BCUT2D eigenvalue weighted by atomic mass is 79.9. The molecule has 0 amide bonds. The number of hydrogen-bond acceptors (Lipinski definition) is 7. The number of nitrogens with one attached hydrogen (secondary N) is 3. The molecule has 3 heterocycles. The van der Waals surface area contributed by atoms with Crippen LogP contribution in [0.1, 0.15) is 6.42 Å². The molecule has 2 aromatic heterocycles. The Kier molecular flexibility index (Phi) is 5.61. The first kappa shape index (κ1) is 17.4. The standard InChI is InChI=1S/C11H12BrN5O2S2.ClH/c12-8-5-14-11-16-7-4-9(20-6-7)21(18,19)15-3-1-2-13-10(8)17-11;/h4-6,15H,1-3H2,(H2,13,14,16,17);1H. The molecule has 0 atom stereocenters. The zero-order valence-electron chi connectivity index (χ0n) is 11.2. The third kappa shape index (κ3) is 3.87. The van der Waals surface area contributed by atoms with Gasteiger partial charge in [-0.3, -0.25) is 0 Å². The van der Waals surface area contributed by atoms with Gasteiger partial charge in [-0.2, -0.15) is 4.98 Å². The maximum Gasteiger partial charge on any atom is 0.250 e. The van der Waals surface area contributed by atoms with Crippen molar-refractivity contribution >= 4 is 67.2 Å². The van der Waals surface area contributed by atoms with Gasteiger partial charge in [-0.05, 0) is 28.4 Å². The highest BCUT2D eigenvalue weighted by molar-refractivity contribution is 9.10. The van der Waals surface area contributed by atoms with E-state index in [-0.39, 0.29) is 16.6 Å². The van der Waals surface area contributed by atoms with E-state index in [2.05, 4.69) is 41.3 Å². The first-order valence-electron chi connectivity index (χ1n) is 6.16. The summed E-state index contributed by atoms with van der Waals surface area (Å²) in [6, 6.07) is 1.57. The average molecular weight is 427 g/mol. The van der Waals surface area contributed by atoms with Crippen LogP contribution in [0, 0.1) is 0 Å². The van der Waals surface area contributed by atoms with Crippen molar-refractivity contribution < 1.29 is 8.42 Å². The monoisotopic (exact) mass is 425 g/mol. The van der Waals surface area contributed by atoms with Gasteiger partial charge >= 0.3 is 0 Å². The zero-order chi connectivity index (χ0) is 14.9. The molecule has 0 saturated carbocycles. The van der Waals surface area contributed by atoms with Crippen LogP contribution in [0.5, 0.6) is 0 Å². The lowest BCUT2D eigenvalue weighted by molar-refractivity contribution is 0.582. The maximum atomic E-state index is 12.1. The summed E-state index contributed by atoms with van der Waals surface area (Å²) in [5, 5.41) is 7.87. The van der Waals surface area contributed by atoms with Crippen molar-refractivity contribution in [3.63, 3.8) is 0 Å². The first-order valence-corrected chi connectivity index (χ1v) is 9.32. The van der Waals surface area contributed by atoms with Gasteiger partial charge in [0, 0.05) is 24.7 Å². The number of anilines is 3. The molecule has 120 valence electrons. The minimum Gasteiger partial charge on any atom is -0.369 e. The molecule has 3 N–H and O–H groups in total. The summed E-state index contributed by atoms with van der Waals surface area (Å²) in [4.78, 5) is 8.52. The van der Waals surface area contributed by atoms with Gasteiger partial charge in [0.2, 0.25) is 16.0 Å². The Morgan fingerprint density at radius 1 is 1.32 bits per heavy atom.